The summed E-state index contributed by atoms with van der Waals surface area (Å²) in [5.74, 6) is -1.06. The van der Waals surface area contributed by atoms with Crippen LogP contribution in [0.15, 0.2) is 28.0 Å². The Bertz CT molecular complexity index is 616. The van der Waals surface area contributed by atoms with Crippen molar-refractivity contribution in [3.8, 4) is 0 Å². The second kappa shape index (κ2) is 6.35. The molecule has 0 aliphatic rings. The van der Waals surface area contributed by atoms with Crippen LogP contribution in [0.25, 0.3) is 0 Å². The van der Waals surface area contributed by atoms with Crippen LogP contribution in [0.2, 0.25) is 0 Å². The van der Waals surface area contributed by atoms with E-state index >= 15 is 0 Å². The average molecular weight is 353 g/mol. The first-order valence-electron chi connectivity index (χ1n) is 4.56. The molecule has 0 saturated carbocycles. The highest BCUT2D eigenvalue weighted by Crippen LogP contribution is 2.41. The SMILES string of the molecule is CO[P+](=O)OS(=O)(=O)c1ccc(F)cc1SC(F)(F)F. The zero-order valence-corrected chi connectivity index (χ0v) is 12.1. The van der Waals surface area contributed by atoms with E-state index in [1.807, 2.05) is 0 Å². The molecule has 0 N–H and O–H groups in total. The van der Waals surface area contributed by atoms with E-state index in [2.05, 4.69) is 8.49 Å². The molecule has 1 aromatic carbocycles. The van der Waals surface area contributed by atoms with Gasteiger partial charge in [0.2, 0.25) is 0 Å². The van der Waals surface area contributed by atoms with Gasteiger partial charge in [-0.3, -0.25) is 0 Å². The van der Waals surface area contributed by atoms with Crippen molar-refractivity contribution in [1.29, 1.82) is 0 Å². The van der Waals surface area contributed by atoms with E-state index in [1.54, 1.807) is 0 Å². The van der Waals surface area contributed by atoms with Crippen LogP contribution >= 0.6 is 20.0 Å². The first-order valence-corrected chi connectivity index (χ1v) is 7.88. The van der Waals surface area contributed by atoms with Crippen molar-refractivity contribution >= 4 is 30.1 Å². The summed E-state index contributed by atoms with van der Waals surface area (Å²) in [6.45, 7) is 0. The Labute approximate surface area is 116 Å². The zero-order chi connectivity index (χ0) is 15.6. The molecule has 12 heteroatoms. The molecular weight excluding hydrogens is 347 g/mol. The molecule has 1 unspecified atom stereocenters. The lowest BCUT2D eigenvalue weighted by molar-refractivity contribution is -0.0329. The lowest BCUT2D eigenvalue weighted by Gasteiger charge is -2.09. The minimum atomic E-state index is -4.83. The molecule has 0 heterocycles. The van der Waals surface area contributed by atoms with Gasteiger partial charge in [0.1, 0.15) is 10.7 Å². The summed E-state index contributed by atoms with van der Waals surface area (Å²) in [4.78, 5) is -1.89. The highest BCUT2D eigenvalue weighted by atomic mass is 32.2. The minimum absolute atomic E-state index is 0.383. The lowest BCUT2D eigenvalue weighted by Crippen LogP contribution is -2.07. The van der Waals surface area contributed by atoms with Crippen LogP contribution in [0.4, 0.5) is 17.6 Å². The molecule has 1 rings (SSSR count). The number of halogens is 4. The fraction of sp³-hybridized carbons (Fsp3) is 0.250. The Hall–Kier alpha value is -0.740. The second-order valence-corrected chi connectivity index (χ2v) is 6.94. The average Bonchev–Trinajstić information content (AvgIpc) is 2.25. The molecule has 0 aromatic heterocycles. The van der Waals surface area contributed by atoms with Gasteiger partial charge in [-0.15, -0.1) is 4.52 Å². The van der Waals surface area contributed by atoms with Crippen LogP contribution in [0.3, 0.4) is 0 Å². The number of hydrogen-bond acceptors (Lipinski definition) is 6. The molecule has 0 bridgehead atoms. The summed E-state index contributed by atoms with van der Waals surface area (Å²) in [5.41, 5.74) is -4.83. The number of rotatable bonds is 5. The number of thioether (sulfide) groups is 1. The second-order valence-electron chi connectivity index (χ2n) is 3.07. The molecular formula is C8H6F4O5PS2+. The fourth-order valence-corrected chi connectivity index (χ4v) is 3.81. The quantitative estimate of drug-likeness (QED) is 0.459. The molecule has 0 radical (unpaired) electrons. The molecule has 0 aliphatic carbocycles. The number of benzene rings is 1. The molecule has 0 amide bonds. The third-order valence-electron chi connectivity index (χ3n) is 1.71. The van der Waals surface area contributed by atoms with Crippen molar-refractivity contribution in [2.75, 3.05) is 7.11 Å². The summed E-state index contributed by atoms with van der Waals surface area (Å²) in [6, 6.07) is 1.60. The van der Waals surface area contributed by atoms with E-state index in [9.17, 15) is 30.5 Å². The Kier molecular flexibility index (Phi) is 5.50. The molecule has 20 heavy (non-hydrogen) atoms. The van der Waals surface area contributed by atoms with Crippen molar-refractivity contribution in [3.63, 3.8) is 0 Å². The van der Waals surface area contributed by atoms with E-state index in [-0.39, 0.29) is 0 Å². The van der Waals surface area contributed by atoms with E-state index in [0.717, 1.165) is 7.11 Å². The predicted molar refractivity (Wildman–Crippen MR) is 61.2 cm³/mol. The molecule has 0 spiro atoms. The van der Waals surface area contributed by atoms with Gasteiger partial charge in [-0.25, -0.2) is 4.39 Å². The smallest absolute Gasteiger partial charge is 0.207 e. The molecule has 0 fully saturated rings. The van der Waals surface area contributed by atoms with Gasteiger partial charge in [-0.1, -0.05) is 0 Å². The molecule has 0 saturated heterocycles. The molecule has 0 aliphatic heterocycles. The Morgan fingerprint density at radius 1 is 1.30 bits per heavy atom. The van der Waals surface area contributed by atoms with Crippen LogP contribution in [-0.4, -0.2) is 21.0 Å². The van der Waals surface area contributed by atoms with Crippen molar-refractivity contribution in [1.82, 2.24) is 0 Å². The van der Waals surface area contributed by atoms with Crippen LogP contribution in [0.5, 0.6) is 0 Å². The van der Waals surface area contributed by atoms with Gasteiger partial charge in [0.15, 0.2) is 0 Å². The van der Waals surface area contributed by atoms with E-state index in [0.29, 0.717) is 18.2 Å². The number of hydrogen-bond donors (Lipinski definition) is 0. The summed E-state index contributed by atoms with van der Waals surface area (Å²) in [6.07, 6.45) is 0. The summed E-state index contributed by atoms with van der Waals surface area (Å²) in [5, 5.41) is 0. The Morgan fingerprint density at radius 2 is 1.90 bits per heavy atom. The normalized spacial score (nSPS) is 13.3. The maximum Gasteiger partial charge on any atom is 0.714 e. The molecule has 1 aromatic rings. The fourth-order valence-electron chi connectivity index (χ4n) is 1.04. The van der Waals surface area contributed by atoms with E-state index in [1.165, 1.54) is 0 Å². The third-order valence-corrected chi connectivity index (χ3v) is 5.09. The summed E-state index contributed by atoms with van der Waals surface area (Å²) < 4.78 is 92.1. The van der Waals surface area contributed by atoms with Crippen molar-refractivity contribution < 1.29 is 39.0 Å². The van der Waals surface area contributed by atoms with Gasteiger partial charge < -0.3 is 0 Å². The van der Waals surface area contributed by atoms with E-state index in [4.69, 9.17) is 0 Å². The summed E-state index contributed by atoms with van der Waals surface area (Å²) >= 11 is -0.832. The van der Waals surface area contributed by atoms with Gasteiger partial charge in [0.25, 0.3) is 0 Å². The predicted octanol–water partition coefficient (Wildman–Crippen LogP) is 3.45. The topological polar surface area (TPSA) is 69.7 Å². The van der Waals surface area contributed by atoms with Gasteiger partial charge >= 0.3 is 23.9 Å². The number of alkyl halides is 3. The van der Waals surface area contributed by atoms with E-state index < -0.39 is 51.3 Å². The maximum atomic E-state index is 12.9. The first kappa shape index (κ1) is 17.3. The van der Waals surface area contributed by atoms with Crippen LogP contribution < -0.4 is 0 Å². The van der Waals surface area contributed by atoms with Gasteiger partial charge in [-0.05, 0) is 30.0 Å². The Balaban J connectivity index is 3.27. The van der Waals surface area contributed by atoms with Gasteiger partial charge in [0, 0.05) is 13.4 Å². The monoisotopic (exact) mass is 353 g/mol. The van der Waals surface area contributed by atoms with Gasteiger partial charge in [0.05, 0.1) is 7.11 Å². The standard InChI is InChI=1S/C8H6F4O5PS2/c1-16-18(13)17-20(14,15)7-3-2-5(9)4-6(7)19-8(10,11)12/h2-4H,1H3/q+1. The maximum absolute atomic E-state index is 12.9. The van der Waals surface area contributed by atoms with Crippen LogP contribution in [-0.2, 0) is 23.2 Å². The van der Waals surface area contributed by atoms with Crippen molar-refractivity contribution in [2.24, 2.45) is 0 Å². The highest BCUT2D eigenvalue weighted by molar-refractivity contribution is 8.01. The minimum Gasteiger partial charge on any atom is -0.207 e. The van der Waals surface area contributed by atoms with Crippen LogP contribution in [0.1, 0.15) is 0 Å². The molecule has 112 valence electrons. The third kappa shape index (κ3) is 4.98. The lowest BCUT2D eigenvalue weighted by atomic mass is 10.3. The highest BCUT2D eigenvalue weighted by Gasteiger charge is 2.37. The molecule has 1 atom stereocenters. The zero-order valence-electron chi connectivity index (χ0n) is 9.55. The first-order chi connectivity index (χ1) is 9.05. The van der Waals surface area contributed by atoms with Gasteiger partial charge in [-0.2, -0.15) is 21.6 Å². The van der Waals surface area contributed by atoms with Crippen molar-refractivity contribution in [2.45, 2.75) is 15.3 Å². The summed E-state index contributed by atoms with van der Waals surface area (Å²) in [7, 11) is -6.97. The van der Waals surface area contributed by atoms with Crippen LogP contribution in [0, 0.1) is 5.82 Å². The largest absolute Gasteiger partial charge is 0.714 e. The Morgan fingerprint density at radius 3 is 2.40 bits per heavy atom. The van der Waals surface area contributed by atoms with Crippen molar-refractivity contribution in [3.05, 3.63) is 24.0 Å². The molecule has 5 nitrogen and oxygen atoms in total.